The summed E-state index contributed by atoms with van der Waals surface area (Å²) in [5.41, 5.74) is 0.849. The van der Waals surface area contributed by atoms with Gasteiger partial charge in [-0.3, -0.25) is 14.9 Å². The number of aliphatic hydroxyl groups is 1. The fraction of sp³-hybridized carbons (Fsp3) is 0.731. The van der Waals surface area contributed by atoms with E-state index in [0.717, 1.165) is 44.5 Å². The Labute approximate surface area is 219 Å². The van der Waals surface area contributed by atoms with E-state index in [1.54, 1.807) is 17.2 Å². The molecule has 3 amide bonds. The van der Waals surface area contributed by atoms with Crippen LogP contribution in [0.3, 0.4) is 0 Å². The van der Waals surface area contributed by atoms with Gasteiger partial charge in [0, 0.05) is 37.7 Å². The lowest BCUT2D eigenvalue weighted by molar-refractivity contribution is -0.144. The summed E-state index contributed by atoms with van der Waals surface area (Å²) in [6.07, 6.45) is 5.20. The number of piperidine rings is 2. The van der Waals surface area contributed by atoms with Crippen LogP contribution in [0.4, 0.5) is 4.79 Å². The van der Waals surface area contributed by atoms with Gasteiger partial charge in [-0.1, -0.05) is 6.08 Å². The van der Waals surface area contributed by atoms with Crippen LogP contribution < -0.4 is 10.6 Å². The third-order valence-electron chi connectivity index (χ3n) is 6.65. The summed E-state index contributed by atoms with van der Waals surface area (Å²) in [6, 6.07) is -0.501. The third kappa shape index (κ3) is 8.80. The van der Waals surface area contributed by atoms with Crippen LogP contribution in [-0.4, -0.2) is 96.3 Å². The van der Waals surface area contributed by atoms with Crippen LogP contribution >= 0.6 is 0 Å². The number of allylic oxidation sites excluding steroid dienone is 1. The number of rotatable bonds is 7. The number of carbonyl (C=O) groups excluding carboxylic acids is 3. The van der Waals surface area contributed by atoms with E-state index in [-0.39, 0.29) is 37.8 Å². The van der Waals surface area contributed by atoms with Crippen molar-refractivity contribution in [2.45, 2.75) is 83.7 Å². The SMILES string of the molecule is C/C=C1\C(=C\OCCCN2CCC(NC(=O)OC(C)(C)C)CC2)COCN(C2CCC(=O)NC2=O)C1O. The molecule has 11 nitrogen and oxygen atoms in total. The summed E-state index contributed by atoms with van der Waals surface area (Å²) < 4.78 is 16.9. The highest BCUT2D eigenvalue weighted by Gasteiger charge is 2.38. The molecule has 0 saturated carbocycles. The Morgan fingerprint density at radius 1 is 1.24 bits per heavy atom. The first-order valence-corrected chi connectivity index (χ1v) is 13.1. The summed E-state index contributed by atoms with van der Waals surface area (Å²) in [4.78, 5) is 39.7. The van der Waals surface area contributed by atoms with Gasteiger partial charge in [0.1, 0.15) is 18.6 Å². The maximum absolute atomic E-state index is 12.3. The van der Waals surface area contributed by atoms with Crippen molar-refractivity contribution in [3.63, 3.8) is 0 Å². The molecule has 0 spiro atoms. The van der Waals surface area contributed by atoms with Crippen molar-refractivity contribution in [1.82, 2.24) is 20.4 Å². The Balaban J connectivity index is 1.40. The first-order chi connectivity index (χ1) is 17.6. The van der Waals surface area contributed by atoms with E-state index < -0.39 is 23.8 Å². The van der Waals surface area contributed by atoms with Gasteiger partial charge in [0.15, 0.2) is 0 Å². The second-order valence-electron chi connectivity index (χ2n) is 10.7. The molecule has 0 aromatic heterocycles. The van der Waals surface area contributed by atoms with Gasteiger partial charge in [-0.05, 0) is 59.0 Å². The molecule has 3 saturated heterocycles. The van der Waals surface area contributed by atoms with Crippen LogP contribution in [0.5, 0.6) is 0 Å². The van der Waals surface area contributed by atoms with Crippen molar-refractivity contribution >= 4 is 17.9 Å². The van der Waals surface area contributed by atoms with E-state index in [0.29, 0.717) is 18.6 Å². The molecule has 11 heteroatoms. The molecule has 0 aromatic rings. The van der Waals surface area contributed by atoms with Crippen LogP contribution in [0.25, 0.3) is 0 Å². The molecule has 37 heavy (non-hydrogen) atoms. The van der Waals surface area contributed by atoms with E-state index >= 15 is 0 Å². The zero-order chi connectivity index (χ0) is 27.0. The number of aliphatic hydroxyl groups excluding tert-OH is 1. The zero-order valence-corrected chi connectivity index (χ0v) is 22.5. The number of hydrogen-bond donors (Lipinski definition) is 3. The smallest absolute Gasteiger partial charge is 0.407 e. The number of alkyl carbamates (subject to hydrolysis) is 1. The lowest BCUT2D eigenvalue weighted by Crippen LogP contribution is -2.55. The van der Waals surface area contributed by atoms with E-state index in [2.05, 4.69) is 15.5 Å². The second-order valence-corrected chi connectivity index (χ2v) is 10.7. The Hall–Kier alpha value is -2.47. The minimum absolute atomic E-state index is 0.0703. The van der Waals surface area contributed by atoms with Gasteiger partial charge >= 0.3 is 6.09 Å². The van der Waals surface area contributed by atoms with Gasteiger partial charge < -0.3 is 29.5 Å². The average molecular weight is 523 g/mol. The molecule has 2 unspecified atom stereocenters. The Bertz CT molecular complexity index is 875. The molecule has 0 bridgehead atoms. The molecular formula is C26H42N4O7. The van der Waals surface area contributed by atoms with E-state index in [9.17, 15) is 19.5 Å². The standard InChI is InChI=1S/C26H42N4O7/c1-5-20-18(16-36-17-30(24(20)33)21-7-8-22(31)28-23(21)32)15-35-14-6-11-29-12-9-19(10-13-29)27-25(34)37-26(2,3)4/h5,15,19,21,24,33H,6-14,16-17H2,1-4H3,(H,27,34)(H,28,31,32)/b18-15+,20-5+. The van der Waals surface area contributed by atoms with Crippen LogP contribution in [-0.2, 0) is 23.8 Å². The van der Waals surface area contributed by atoms with E-state index in [4.69, 9.17) is 14.2 Å². The normalized spacial score (nSPS) is 27.2. The zero-order valence-electron chi connectivity index (χ0n) is 22.5. The highest BCUT2D eigenvalue weighted by molar-refractivity contribution is 6.00. The molecule has 2 atom stereocenters. The van der Waals surface area contributed by atoms with Crippen LogP contribution in [0.15, 0.2) is 23.5 Å². The van der Waals surface area contributed by atoms with Crippen molar-refractivity contribution in [1.29, 1.82) is 0 Å². The quantitative estimate of drug-likeness (QED) is 0.259. The van der Waals surface area contributed by atoms with Crippen molar-refractivity contribution in [2.24, 2.45) is 0 Å². The number of imide groups is 1. The van der Waals surface area contributed by atoms with Crippen LogP contribution in [0, 0.1) is 0 Å². The number of likely N-dealkylation sites (tertiary alicyclic amines) is 1. The van der Waals surface area contributed by atoms with Crippen LogP contribution in [0.2, 0.25) is 0 Å². The number of hydrogen-bond acceptors (Lipinski definition) is 9. The summed E-state index contributed by atoms with van der Waals surface area (Å²) >= 11 is 0. The predicted molar refractivity (Wildman–Crippen MR) is 136 cm³/mol. The van der Waals surface area contributed by atoms with Crippen molar-refractivity contribution in [2.75, 3.05) is 39.6 Å². The van der Waals surface area contributed by atoms with Crippen molar-refractivity contribution in [3.05, 3.63) is 23.5 Å². The molecule has 3 N–H and O–H groups in total. The van der Waals surface area contributed by atoms with Gasteiger partial charge in [-0.25, -0.2) is 9.69 Å². The molecule has 0 radical (unpaired) electrons. The lowest BCUT2D eigenvalue weighted by Gasteiger charge is -2.34. The average Bonchev–Trinajstić information content (AvgIpc) is 2.97. The first kappa shape index (κ1) is 29.1. The van der Waals surface area contributed by atoms with Crippen molar-refractivity contribution in [3.8, 4) is 0 Å². The molecule has 3 aliphatic rings. The first-order valence-electron chi connectivity index (χ1n) is 13.1. The maximum Gasteiger partial charge on any atom is 0.407 e. The second kappa shape index (κ2) is 13.4. The minimum Gasteiger partial charge on any atom is -0.501 e. The number of nitrogens with one attached hydrogen (secondary N) is 2. The monoisotopic (exact) mass is 522 g/mol. The van der Waals surface area contributed by atoms with Gasteiger partial charge in [0.25, 0.3) is 0 Å². The van der Waals surface area contributed by atoms with Gasteiger partial charge in [-0.15, -0.1) is 0 Å². The van der Waals surface area contributed by atoms with E-state index in [1.807, 2.05) is 27.7 Å². The Morgan fingerprint density at radius 3 is 2.62 bits per heavy atom. The number of carbonyl (C=O) groups is 3. The predicted octanol–water partition coefficient (Wildman–Crippen LogP) is 1.63. The highest BCUT2D eigenvalue weighted by Crippen LogP contribution is 2.26. The molecule has 0 aromatic carbocycles. The maximum atomic E-state index is 12.3. The molecule has 3 fully saturated rings. The summed E-state index contributed by atoms with van der Waals surface area (Å²) in [5, 5.41) is 16.3. The Kier molecular flexibility index (Phi) is 10.5. The fourth-order valence-corrected chi connectivity index (χ4v) is 4.76. The summed E-state index contributed by atoms with van der Waals surface area (Å²) in [7, 11) is 0. The molecule has 0 aliphatic carbocycles. The molecular weight excluding hydrogens is 480 g/mol. The molecule has 3 heterocycles. The fourth-order valence-electron chi connectivity index (χ4n) is 4.76. The Morgan fingerprint density at radius 2 is 1.97 bits per heavy atom. The lowest BCUT2D eigenvalue weighted by atomic mass is 10.0. The van der Waals surface area contributed by atoms with Crippen molar-refractivity contribution < 1.29 is 33.7 Å². The van der Waals surface area contributed by atoms with Gasteiger partial charge in [-0.2, -0.15) is 0 Å². The number of amides is 3. The largest absolute Gasteiger partial charge is 0.501 e. The highest BCUT2D eigenvalue weighted by atomic mass is 16.6. The summed E-state index contributed by atoms with van der Waals surface area (Å²) in [6.45, 7) is 10.9. The molecule has 3 rings (SSSR count). The molecule has 208 valence electrons. The van der Waals surface area contributed by atoms with E-state index in [1.165, 1.54) is 0 Å². The van der Waals surface area contributed by atoms with Gasteiger partial charge in [0.05, 0.1) is 25.5 Å². The third-order valence-corrected chi connectivity index (χ3v) is 6.65. The number of ether oxygens (including phenoxy) is 3. The van der Waals surface area contributed by atoms with Crippen LogP contribution in [0.1, 0.15) is 59.8 Å². The topological polar surface area (TPSA) is 130 Å². The molecule has 3 aliphatic heterocycles. The minimum atomic E-state index is -1.04. The van der Waals surface area contributed by atoms with Gasteiger partial charge in [0.2, 0.25) is 11.8 Å². The number of nitrogens with zero attached hydrogens (tertiary/aromatic N) is 2. The summed E-state index contributed by atoms with van der Waals surface area (Å²) in [5.74, 6) is -0.712.